The van der Waals surface area contributed by atoms with Gasteiger partial charge in [-0.25, -0.2) is 9.79 Å². The lowest BCUT2D eigenvalue weighted by molar-refractivity contribution is -0.138. The van der Waals surface area contributed by atoms with Crippen LogP contribution < -0.4 is 33.8 Å². The zero-order valence-corrected chi connectivity index (χ0v) is 24.3. The number of hydrogen-bond donors (Lipinski definition) is 0. The molecule has 2 aliphatic rings. The highest BCUT2D eigenvalue weighted by Gasteiger charge is 2.35. The Hall–Kier alpha value is -4.83. The number of ether oxygens (including phenoxy) is 5. The number of aromatic nitrogens is 1. The molecule has 0 saturated heterocycles. The number of nitrogens with zero attached hydrogens (tertiary/aromatic N) is 2. The lowest BCUT2D eigenvalue weighted by Gasteiger charge is -2.26. The summed E-state index contributed by atoms with van der Waals surface area (Å²) in [5, 5.41) is 0. The fourth-order valence-corrected chi connectivity index (χ4v) is 6.13. The summed E-state index contributed by atoms with van der Waals surface area (Å²) < 4.78 is 29.6. The molecule has 1 atom stereocenters. The number of carbonyl (C=O) groups excluding carboxylic acids is 1. The van der Waals surface area contributed by atoms with Crippen molar-refractivity contribution in [1.82, 2.24) is 4.57 Å². The third-order valence-electron chi connectivity index (χ3n) is 7.14. The Labute approximate surface area is 245 Å². The Bertz CT molecular complexity index is 1910. The van der Waals surface area contributed by atoms with Crippen molar-refractivity contribution < 1.29 is 28.5 Å². The van der Waals surface area contributed by atoms with Gasteiger partial charge in [-0.1, -0.05) is 47.7 Å². The van der Waals surface area contributed by atoms with Crippen LogP contribution in [0.25, 0.3) is 11.8 Å². The number of esters is 1. The van der Waals surface area contributed by atoms with Gasteiger partial charge in [0, 0.05) is 5.56 Å². The van der Waals surface area contributed by atoms with Crippen molar-refractivity contribution in [2.24, 2.45) is 4.99 Å². The Balaban J connectivity index is 1.64. The summed E-state index contributed by atoms with van der Waals surface area (Å²) in [5.74, 6) is 1.73. The number of rotatable bonds is 7. The van der Waals surface area contributed by atoms with Crippen LogP contribution in [0.3, 0.4) is 0 Å². The highest BCUT2D eigenvalue weighted by Crippen LogP contribution is 2.39. The van der Waals surface area contributed by atoms with Gasteiger partial charge in [-0.15, -0.1) is 0 Å². The zero-order valence-electron chi connectivity index (χ0n) is 23.5. The summed E-state index contributed by atoms with van der Waals surface area (Å²) in [4.78, 5) is 33.2. The molecule has 9 nitrogen and oxygen atoms in total. The summed E-state index contributed by atoms with van der Waals surface area (Å²) in [7, 11) is 3.09. The third kappa shape index (κ3) is 4.73. The van der Waals surface area contributed by atoms with Crippen LogP contribution in [-0.2, 0) is 9.53 Å². The number of carbonyl (C=O) groups is 1. The molecule has 4 aromatic rings. The largest absolute Gasteiger partial charge is 0.493 e. The minimum Gasteiger partial charge on any atom is -0.493 e. The van der Waals surface area contributed by atoms with Gasteiger partial charge in [0.25, 0.3) is 5.56 Å². The van der Waals surface area contributed by atoms with Gasteiger partial charge in [-0.2, -0.15) is 0 Å². The smallest absolute Gasteiger partial charge is 0.338 e. The molecule has 3 heterocycles. The molecule has 0 amide bonds. The summed E-state index contributed by atoms with van der Waals surface area (Å²) in [5.41, 5.74) is 3.54. The molecule has 0 radical (unpaired) electrons. The van der Waals surface area contributed by atoms with E-state index >= 15 is 0 Å². The number of methoxy groups -OCH3 is 2. The Kier molecular flexibility index (Phi) is 7.30. The summed E-state index contributed by atoms with van der Waals surface area (Å²) >= 11 is 1.25. The van der Waals surface area contributed by atoms with E-state index in [0.29, 0.717) is 43.6 Å². The normalized spacial score (nSPS) is 15.7. The molecule has 0 spiro atoms. The standard InChI is InChI=1S/C32H28N2O7S/c1-5-39-31(36)27-28(19-9-7-6-8-10-19)33-32-34(29(27)20-11-12-22(37-3)23(14-20)38-4)30(35)26(42-32)16-21-15-25-24(13-18(21)2)40-17-41-25/h6-16,29H,5,17H2,1-4H3/b26-16+. The van der Waals surface area contributed by atoms with E-state index in [1.807, 2.05) is 61.5 Å². The first-order valence-electron chi connectivity index (χ1n) is 13.3. The zero-order chi connectivity index (χ0) is 29.4. The van der Waals surface area contributed by atoms with E-state index in [1.165, 1.54) is 18.4 Å². The average molecular weight is 585 g/mol. The molecule has 0 N–H and O–H groups in total. The van der Waals surface area contributed by atoms with Gasteiger partial charge < -0.3 is 23.7 Å². The Morgan fingerprint density at radius 1 is 1.05 bits per heavy atom. The van der Waals surface area contributed by atoms with Crippen molar-refractivity contribution in [2.75, 3.05) is 27.6 Å². The van der Waals surface area contributed by atoms with Crippen molar-refractivity contribution in [3.63, 3.8) is 0 Å². The van der Waals surface area contributed by atoms with E-state index in [2.05, 4.69) is 0 Å². The van der Waals surface area contributed by atoms with Crippen molar-refractivity contribution in [1.29, 1.82) is 0 Å². The van der Waals surface area contributed by atoms with Gasteiger partial charge in [-0.3, -0.25) is 9.36 Å². The highest BCUT2D eigenvalue weighted by atomic mass is 32.1. The second-order valence-electron chi connectivity index (χ2n) is 9.61. The fraction of sp³-hybridized carbons (Fsp3) is 0.219. The molecule has 0 bridgehead atoms. The van der Waals surface area contributed by atoms with Crippen molar-refractivity contribution in [3.05, 3.63) is 108 Å². The maximum atomic E-state index is 14.2. The lowest BCUT2D eigenvalue weighted by atomic mass is 9.93. The van der Waals surface area contributed by atoms with Gasteiger partial charge in [0.2, 0.25) is 6.79 Å². The quantitative estimate of drug-likeness (QED) is 0.303. The fourth-order valence-electron chi connectivity index (χ4n) is 5.13. The maximum Gasteiger partial charge on any atom is 0.338 e. The van der Waals surface area contributed by atoms with Crippen LogP contribution in [0.1, 0.15) is 35.2 Å². The van der Waals surface area contributed by atoms with Crippen molar-refractivity contribution in [2.45, 2.75) is 19.9 Å². The summed E-state index contributed by atoms with van der Waals surface area (Å²) in [6.07, 6.45) is 1.82. The molecule has 0 aliphatic carbocycles. The number of thiazole rings is 1. The average Bonchev–Trinajstić information content (AvgIpc) is 3.59. The van der Waals surface area contributed by atoms with E-state index in [-0.39, 0.29) is 24.5 Å². The molecule has 0 saturated carbocycles. The van der Waals surface area contributed by atoms with Gasteiger partial charge in [0.1, 0.15) is 0 Å². The first-order valence-corrected chi connectivity index (χ1v) is 14.2. The topological polar surface area (TPSA) is 97.6 Å². The first-order chi connectivity index (χ1) is 20.4. The Morgan fingerprint density at radius 3 is 2.50 bits per heavy atom. The summed E-state index contributed by atoms with van der Waals surface area (Å²) in [6, 6.07) is 17.7. The van der Waals surface area contributed by atoms with Gasteiger partial charge >= 0.3 is 5.97 Å². The molecule has 6 rings (SSSR count). The number of aryl methyl sites for hydroxylation is 1. The van der Waals surface area contributed by atoms with Crippen molar-refractivity contribution in [3.8, 4) is 23.0 Å². The van der Waals surface area contributed by atoms with Crippen LogP contribution in [0.15, 0.2) is 76.0 Å². The molecule has 1 aromatic heterocycles. The molecule has 42 heavy (non-hydrogen) atoms. The first kappa shape index (κ1) is 27.3. The third-order valence-corrected chi connectivity index (χ3v) is 8.13. The Morgan fingerprint density at radius 2 is 1.79 bits per heavy atom. The maximum absolute atomic E-state index is 14.2. The van der Waals surface area contributed by atoms with Crippen LogP contribution in [0.2, 0.25) is 0 Å². The minimum atomic E-state index is -0.838. The minimum absolute atomic E-state index is 0.157. The summed E-state index contributed by atoms with van der Waals surface area (Å²) in [6.45, 7) is 4.01. The molecule has 0 fully saturated rings. The van der Waals surface area contributed by atoms with Gasteiger partial charge in [-0.05, 0) is 60.9 Å². The van der Waals surface area contributed by atoms with E-state index in [9.17, 15) is 9.59 Å². The van der Waals surface area contributed by atoms with Crippen LogP contribution >= 0.6 is 11.3 Å². The molecular formula is C32H28N2O7S. The van der Waals surface area contributed by atoms with Crippen LogP contribution in [-0.4, -0.2) is 38.2 Å². The van der Waals surface area contributed by atoms with Gasteiger partial charge in [0.05, 0.1) is 42.7 Å². The number of benzene rings is 3. The molecule has 3 aromatic carbocycles. The van der Waals surface area contributed by atoms with E-state index in [4.69, 9.17) is 28.7 Å². The predicted octanol–water partition coefficient (Wildman–Crippen LogP) is 3.99. The molecule has 214 valence electrons. The van der Waals surface area contributed by atoms with Crippen LogP contribution in [0, 0.1) is 6.92 Å². The van der Waals surface area contributed by atoms with E-state index < -0.39 is 12.0 Å². The van der Waals surface area contributed by atoms with Crippen LogP contribution in [0.5, 0.6) is 23.0 Å². The lowest BCUT2D eigenvalue weighted by Crippen LogP contribution is -2.40. The monoisotopic (exact) mass is 584 g/mol. The number of fused-ring (bicyclic) bond motifs is 2. The highest BCUT2D eigenvalue weighted by molar-refractivity contribution is 7.07. The van der Waals surface area contributed by atoms with E-state index in [1.54, 1.807) is 30.7 Å². The van der Waals surface area contributed by atoms with E-state index in [0.717, 1.165) is 16.7 Å². The molecule has 2 aliphatic heterocycles. The predicted molar refractivity (Wildman–Crippen MR) is 158 cm³/mol. The molecule has 1 unspecified atom stereocenters. The van der Waals surface area contributed by atoms with Gasteiger partial charge in [0.15, 0.2) is 27.8 Å². The SMILES string of the molecule is CCOC(=O)C1=C(c2ccccc2)N=c2s/c(=C/c3cc4c(cc3C)OCO4)c(=O)n2C1c1ccc(OC)c(OC)c1. The second-order valence-corrected chi connectivity index (χ2v) is 10.6. The molecule has 10 heteroatoms. The number of hydrogen-bond acceptors (Lipinski definition) is 9. The van der Waals surface area contributed by atoms with Crippen molar-refractivity contribution >= 4 is 29.1 Å². The van der Waals surface area contributed by atoms with Crippen LogP contribution in [0.4, 0.5) is 0 Å². The molecular weight excluding hydrogens is 556 g/mol. The second kappa shape index (κ2) is 11.2.